The summed E-state index contributed by atoms with van der Waals surface area (Å²) in [6.45, 7) is 1.97. The van der Waals surface area contributed by atoms with Crippen LogP contribution in [-0.4, -0.2) is 37.4 Å². The lowest BCUT2D eigenvalue weighted by molar-refractivity contribution is 0.142. The first-order chi connectivity index (χ1) is 11.4. The lowest BCUT2D eigenvalue weighted by atomic mass is 9.81. The fourth-order valence-corrected chi connectivity index (χ4v) is 3.85. The zero-order chi connectivity index (χ0) is 17.3. The molecule has 2 heterocycles. The number of halogens is 1. The topological polar surface area (TPSA) is 100 Å². The number of amides is 1. The van der Waals surface area contributed by atoms with Crippen molar-refractivity contribution >= 4 is 28.7 Å². The molecule has 3 rings (SSSR count). The highest BCUT2D eigenvalue weighted by Crippen LogP contribution is 2.40. The van der Waals surface area contributed by atoms with Gasteiger partial charge in [0.25, 0.3) is 0 Å². The highest BCUT2D eigenvalue weighted by atomic mass is 35.5. The summed E-state index contributed by atoms with van der Waals surface area (Å²) in [5, 5.41) is 22.8. The van der Waals surface area contributed by atoms with Gasteiger partial charge >= 0.3 is 6.09 Å². The maximum atomic E-state index is 11.1. The van der Waals surface area contributed by atoms with Crippen molar-refractivity contribution < 1.29 is 15.0 Å². The highest BCUT2D eigenvalue weighted by molar-refractivity contribution is 6.28. The summed E-state index contributed by atoms with van der Waals surface area (Å²) >= 11 is 5.98. The zero-order valence-corrected chi connectivity index (χ0v) is 14.3. The average Bonchev–Trinajstić information content (AvgIpc) is 2.93. The SMILES string of the molecule is CC(O)c1cc2cnc(Cl)nc2n1C1(CNC(=O)O)CCCCC1. The fraction of sp³-hybridized carbons (Fsp3) is 0.562. The molecule has 7 nitrogen and oxygen atoms in total. The molecule has 0 saturated heterocycles. The van der Waals surface area contributed by atoms with Gasteiger partial charge in [-0.15, -0.1) is 0 Å². The number of aliphatic hydroxyl groups is 1. The summed E-state index contributed by atoms with van der Waals surface area (Å²) in [6, 6.07) is 1.85. The van der Waals surface area contributed by atoms with E-state index in [1.165, 1.54) is 0 Å². The molecule has 1 fully saturated rings. The Morgan fingerprint density at radius 1 is 1.46 bits per heavy atom. The maximum Gasteiger partial charge on any atom is 0.404 e. The Bertz CT molecular complexity index is 753. The van der Waals surface area contributed by atoms with Gasteiger partial charge < -0.3 is 20.1 Å². The van der Waals surface area contributed by atoms with Crippen LogP contribution in [0.25, 0.3) is 11.0 Å². The van der Waals surface area contributed by atoms with Gasteiger partial charge in [-0.3, -0.25) is 0 Å². The van der Waals surface area contributed by atoms with Gasteiger partial charge in [0.2, 0.25) is 5.28 Å². The Hall–Kier alpha value is -1.86. The smallest absolute Gasteiger partial charge is 0.404 e. The van der Waals surface area contributed by atoms with Crippen LogP contribution in [0.2, 0.25) is 5.28 Å². The molecule has 1 saturated carbocycles. The van der Waals surface area contributed by atoms with Crippen molar-refractivity contribution in [1.82, 2.24) is 19.9 Å². The van der Waals surface area contributed by atoms with Gasteiger partial charge in [0.1, 0.15) is 5.65 Å². The Morgan fingerprint density at radius 2 is 2.17 bits per heavy atom. The maximum absolute atomic E-state index is 11.1. The molecular weight excluding hydrogens is 332 g/mol. The van der Waals surface area contributed by atoms with Crippen LogP contribution in [-0.2, 0) is 5.54 Å². The summed E-state index contributed by atoms with van der Waals surface area (Å²) in [4.78, 5) is 19.4. The second kappa shape index (κ2) is 6.57. The first kappa shape index (κ1) is 17.0. The molecule has 1 aliphatic carbocycles. The minimum atomic E-state index is -1.05. The molecule has 0 spiro atoms. The number of carboxylic acid groups (broad SMARTS) is 1. The lowest BCUT2D eigenvalue weighted by Gasteiger charge is -2.40. The monoisotopic (exact) mass is 352 g/mol. The number of carbonyl (C=O) groups is 1. The predicted molar refractivity (Wildman–Crippen MR) is 90.3 cm³/mol. The Kier molecular flexibility index (Phi) is 4.64. The fourth-order valence-electron chi connectivity index (χ4n) is 3.72. The third kappa shape index (κ3) is 3.06. The Morgan fingerprint density at radius 3 is 2.79 bits per heavy atom. The molecule has 1 amide bonds. The van der Waals surface area contributed by atoms with E-state index in [0.29, 0.717) is 11.3 Å². The van der Waals surface area contributed by atoms with Crippen LogP contribution >= 0.6 is 11.6 Å². The predicted octanol–water partition coefficient (Wildman–Crippen LogP) is 3.07. The zero-order valence-electron chi connectivity index (χ0n) is 13.5. The van der Waals surface area contributed by atoms with Crippen LogP contribution < -0.4 is 5.32 Å². The number of nitrogens with one attached hydrogen (secondary N) is 1. The molecule has 1 atom stereocenters. The highest BCUT2D eigenvalue weighted by Gasteiger charge is 2.38. The average molecular weight is 353 g/mol. The largest absolute Gasteiger partial charge is 0.465 e. The second-order valence-corrected chi connectivity index (χ2v) is 6.78. The van der Waals surface area contributed by atoms with Crippen molar-refractivity contribution in [3.63, 3.8) is 0 Å². The molecule has 24 heavy (non-hydrogen) atoms. The first-order valence-electron chi connectivity index (χ1n) is 8.12. The molecule has 3 N–H and O–H groups in total. The number of fused-ring (bicyclic) bond motifs is 1. The molecule has 0 radical (unpaired) electrons. The van der Waals surface area contributed by atoms with E-state index in [2.05, 4.69) is 15.3 Å². The van der Waals surface area contributed by atoms with Crippen LogP contribution in [0.4, 0.5) is 4.79 Å². The number of nitrogens with zero attached hydrogens (tertiary/aromatic N) is 3. The molecule has 8 heteroatoms. The summed E-state index contributed by atoms with van der Waals surface area (Å²) in [7, 11) is 0. The van der Waals surface area contributed by atoms with Crippen molar-refractivity contribution in [1.29, 1.82) is 0 Å². The number of aliphatic hydroxyl groups excluding tert-OH is 1. The summed E-state index contributed by atoms with van der Waals surface area (Å²) in [5.74, 6) is 0. The van der Waals surface area contributed by atoms with Crippen molar-refractivity contribution in [3.05, 3.63) is 23.2 Å². The molecular formula is C16H21ClN4O3. The van der Waals surface area contributed by atoms with E-state index in [9.17, 15) is 9.90 Å². The van der Waals surface area contributed by atoms with E-state index in [0.717, 1.165) is 37.5 Å². The number of hydrogen-bond donors (Lipinski definition) is 3. The molecule has 0 aromatic carbocycles. The summed E-state index contributed by atoms with van der Waals surface area (Å²) in [5.41, 5.74) is 0.887. The normalized spacial score (nSPS) is 18.5. The summed E-state index contributed by atoms with van der Waals surface area (Å²) in [6.07, 6.45) is 4.63. The van der Waals surface area contributed by atoms with E-state index >= 15 is 0 Å². The number of aromatic nitrogens is 3. The molecule has 1 aliphatic rings. The van der Waals surface area contributed by atoms with Crippen molar-refractivity contribution in [2.75, 3.05) is 6.54 Å². The van der Waals surface area contributed by atoms with Gasteiger partial charge in [-0.25, -0.2) is 9.78 Å². The van der Waals surface area contributed by atoms with E-state index in [-0.39, 0.29) is 11.8 Å². The molecule has 2 aromatic heterocycles. The molecule has 2 aromatic rings. The van der Waals surface area contributed by atoms with E-state index in [1.54, 1.807) is 13.1 Å². The standard InChI is InChI=1S/C16H21ClN4O3/c1-10(22)12-7-11-8-18-14(17)20-13(11)21(12)16(9-19-15(23)24)5-3-2-4-6-16/h7-8,10,19,22H,2-6,9H2,1H3,(H,23,24). The van der Waals surface area contributed by atoms with Crippen molar-refractivity contribution in [2.24, 2.45) is 0 Å². The van der Waals surface area contributed by atoms with E-state index < -0.39 is 17.7 Å². The number of hydrogen-bond acceptors (Lipinski definition) is 4. The first-order valence-corrected chi connectivity index (χ1v) is 8.50. The molecule has 0 aliphatic heterocycles. The van der Waals surface area contributed by atoms with Crippen LogP contribution in [0.1, 0.15) is 50.8 Å². The van der Waals surface area contributed by atoms with Crippen LogP contribution in [0.3, 0.4) is 0 Å². The van der Waals surface area contributed by atoms with Gasteiger partial charge in [0, 0.05) is 23.8 Å². The van der Waals surface area contributed by atoms with Gasteiger partial charge in [0.15, 0.2) is 0 Å². The van der Waals surface area contributed by atoms with Gasteiger partial charge in [-0.1, -0.05) is 19.3 Å². The number of rotatable bonds is 4. The Balaban J connectivity index is 2.19. The third-order valence-corrected chi connectivity index (χ3v) is 4.98. The minimum absolute atomic E-state index is 0.135. The van der Waals surface area contributed by atoms with Crippen molar-refractivity contribution in [2.45, 2.75) is 50.7 Å². The Labute approximate surface area is 144 Å². The molecule has 130 valence electrons. The van der Waals surface area contributed by atoms with Crippen LogP contribution in [0, 0.1) is 0 Å². The van der Waals surface area contributed by atoms with E-state index in [4.69, 9.17) is 16.7 Å². The summed E-state index contributed by atoms with van der Waals surface area (Å²) < 4.78 is 1.98. The minimum Gasteiger partial charge on any atom is -0.465 e. The molecule has 0 bridgehead atoms. The van der Waals surface area contributed by atoms with Crippen LogP contribution in [0.5, 0.6) is 0 Å². The van der Waals surface area contributed by atoms with E-state index in [1.807, 2.05) is 10.6 Å². The van der Waals surface area contributed by atoms with Crippen molar-refractivity contribution in [3.8, 4) is 0 Å². The van der Waals surface area contributed by atoms with Gasteiger partial charge in [0.05, 0.1) is 11.6 Å². The third-order valence-electron chi connectivity index (χ3n) is 4.80. The van der Waals surface area contributed by atoms with Crippen LogP contribution in [0.15, 0.2) is 12.3 Å². The quantitative estimate of drug-likeness (QED) is 0.734. The molecule has 1 unspecified atom stereocenters. The second-order valence-electron chi connectivity index (χ2n) is 6.44. The lowest BCUT2D eigenvalue weighted by Crippen LogP contribution is -2.47. The van der Waals surface area contributed by atoms with Gasteiger partial charge in [-0.05, 0) is 37.4 Å². The van der Waals surface area contributed by atoms with Gasteiger partial charge in [-0.2, -0.15) is 4.98 Å².